The predicted molar refractivity (Wildman–Crippen MR) is 172 cm³/mol. The van der Waals surface area contributed by atoms with E-state index in [1.165, 1.54) is 11.8 Å². The number of thiophene rings is 1. The zero-order valence-corrected chi connectivity index (χ0v) is 25.8. The molecule has 3 aromatic carbocycles. The summed E-state index contributed by atoms with van der Waals surface area (Å²) in [4.78, 5) is 31.0. The van der Waals surface area contributed by atoms with Crippen LogP contribution in [0.5, 0.6) is 0 Å². The summed E-state index contributed by atoms with van der Waals surface area (Å²) in [6.45, 7) is 5.03. The number of hydrogen-bond donors (Lipinski definition) is 1. The molecule has 1 saturated heterocycles. The van der Waals surface area contributed by atoms with E-state index in [9.17, 15) is 9.59 Å². The molecule has 42 heavy (non-hydrogen) atoms. The van der Waals surface area contributed by atoms with Gasteiger partial charge in [0.05, 0.1) is 37.0 Å². The molecule has 0 radical (unpaired) electrons. The highest BCUT2D eigenvalue weighted by atomic mass is 35.5. The number of nitrogens with zero attached hydrogens (tertiary/aromatic N) is 1. The van der Waals surface area contributed by atoms with E-state index in [1.807, 2.05) is 53.9 Å². The zero-order chi connectivity index (χ0) is 29.4. The lowest BCUT2D eigenvalue weighted by Gasteiger charge is -2.35. The van der Waals surface area contributed by atoms with E-state index < -0.39 is 5.54 Å². The Kier molecular flexibility index (Phi) is 10.2. The van der Waals surface area contributed by atoms with Gasteiger partial charge in [0.15, 0.2) is 0 Å². The van der Waals surface area contributed by atoms with Gasteiger partial charge in [-0.05, 0) is 59.3 Å². The third-order valence-corrected chi connectivity index (χ3v) is 9.64. The van der Waals surface area contributed by atoms with Crippen molar-refractivity contribution in [2.45, 2.75) is 23.8 Å². The van der Waals surface area contributed by atoms with E-state index in [2.05, 4.69) is 40.5 Å². The molecule has 0 bridgehead atoms. The van der Waals surface area contributed by atoms with E-state index in [1.54, 1.807) is 24.3 Å². The van der Waals surface area contributed by atoms with E-state index in [4.69, 9.17) is 21.1 Å². The number of nitrogens with one attached hydrogen (secondary N) is 1. The Balaban J connectivity index is 1.53. The maximum Gasteiger partial charge on any atom is 0.308 e. The molecule has 1 fully saturated rings. The lowest BCUT2D eigenvalue weighted by Crippen LogP contribution is -2.49. The summed E-state index contributed by atoms with van der Waals surface area (Å²) in [6, 6.07) is 27.7. The van der Waals surface area contributed by atoms with Crippen LogP contribution in [0.25, 0.3) is 10.4 Å². The molecule has 4 aromatic rings. The lowest BCUT2D eigenvalue weighted by atomic mass is 9.80. The minimum absolute atomic E-state index is 0.0504. The van der Waals surface area contributed by atoms with Gasteiger partial charge in [-0.15, -0.1) is 23.1 Å². The van der Waals surface area contributed by atoms with Crippen molar-refractivity contribution in [3.63, 3.8) is 0 Å². The van der Waals surface area contributed by atoms with Gasteiger partial charge in [0.1, 0.15) is 5.54 Å². The van der Waals surface area contributed by atoms with Gasteiger partial charge in [-0.25, -0.2) is 0 Å². The predicted octanol–water partition coefficient (Wildman–Crippen LogP) is 7.01. The van der Waals surface area contributed by atoms with Gasteiger partial charge in [0, 0.05) is 28.5 Å². The SMILES string of the molecule is CCOC(=O)CC(NC(=O)CSc1ccccc1Cl)(c1ccc(N2CCOCC2)cc1)c1csc(-c2ccccc2)c1. The minimum atomic E-state index is -1.14. The summed E-state index contributed by atoms with van der Waals surface area (Å²) in [5, 5.41) is 5.90. The molecule has 0 saturated carbocycles. The van der Waals surface area contributed by atoms with Crippen molar-refractivity contribution >= 4 is 52.3 Å². The van der Waals surface area contributed by atoms with Gasteiger partial charge in [-0.3, -0.25) is 9.59 Å². The van der Waals surface area contributed by atoms with Crippen molar-refractivity contribution in [1.29, 1.82) is 0 Å². The summed E-state index contributed by atoms with van der Waals surface area (Å²) < 4.78 is 11.0. The van der Waals surface area contributed by atoms with Crippen molar-refractivity contribution in [1.82, 2.24) is 5.32 Å². The fourth-order valence-corrected chi connectivity index (χ4v) is 7.09. The first-order valence-electron chi connectivity index (χ1n) is 13.9. The third-order valence-electron chi connectivity index (χ3n) is 7.15. The second-order valence-electron chi connectivity index (χ2n) is 9.87. The molecule has 1 atom stereocenters. The van der Waals surface area contributed by atoms with Crippen LogP contribution >= 0.6 is 34.7 Å². The van der Waals surface area contributed by atoms with Crippen LogP contribution in [0.15, 0.2) is 95.2 Å². The van der Waals surface area contributed by atoms with Gasteiger partial charge in [0.25, 0.3) is 0 Å². The summed E-state index contributed by atoms with van der Waals surface area (Å²) in [6.07, 6.45) is -0.0504. The van der Waals surface area contributed by atoms with E-state index in [0.717, 1.165) is 45.2 Å². The number of halogens is 1. The number of carbonyl (C=O) groups is 2. The third kappa shape index (κ3) is 7.18. The number of hydrogen-bond acceptors (Lipinski definition) is 7. The molecule has 218 valence electrons. The number of morpholine rings is 1. The Bertz CT molecular complexity index is 1490. The maximum atomic E-state index is 13.7. The fourth-order valence-electron chi connectivity index (χ4n) is 5.06. The van der Waals surface area contributed by atoms with Crippen LogP contribution in [0, 0.1) is 0 Å². The fraction of sp³-hybridized carbons (Fsp3) is 0.273. The zero-order valence-electron chi connectivity index (χ0n) is 23.4. The van der Waals surface area contributed by atoms with E-state index >= 15 is 0 Å². The Morgan fingerprint density at radius 3 is 2.43 bits per heavy atom. The number of carbonyl (C=O) groups excluding carboxylic acids is 2. The van der Waals surface area contributed by atoms with Crippen LogP contribution in [0.2, 0.25) is 5.02 Å². The molecule has 0 aliphatic carbocycles. The molecule has 1 amide bonds. The van der Waals surface area contributed by atoms with Crippen molar-refractivity contribution in [3.8, 4) is 10.4 Å². The standard InChI is InChI=1S/C33H33ClN2O4S2/c1-2-40-32(38)21-33(26-20-30(41-22-26)24-8-4-3-5-9-24,35-31(37)23-42-29-11-7-6-10-28(29)34)25-12-14-27(15-13-25)36-16-18-39-19-17-36/h3-15,20,22H,2,16-19,21,23H2,1H3,(H,35,37). The molecule has 1 aliphatic heterocycles. The van der Waals surface area contributed by atoms with Gasteiger partial charge >= 0.3 is 5.97 Å². The normalized spacial score (nSPS) is 14.7. The molecule has 1 aliphatic rings. The van der Waals surface area contributed by atoms with Gasteiger partial charge in [0.2, 0.25) is 5.91 Å². The van der Waals surface area contributed by atoms with Gasteiger partial charge < -0.3 is 19.7 Å². The number of anilines is 1. The molecule has 0 spiro atoms. The largest absolute Gasteiger partial charge is 0.466 e. The van der Waals surface area contributed by atoms with Crippen LogP contribution in [0.4, 0.5) is 5.69 Å². The van der Waals surface area contributed by atoms with E-state index in [0.29, 0.717) is 18.2 Å². The number of esters is 1. The molecule has 5 rings (SSSR count). The van der Waals surface area contributed by atoms with Crippen molar-refractivity contribution in [2.24, 2.45) is 0 Å². The smallest absolute Gasteiger partial charge is 0.308 e. The quantitative estimate of drug-likeness (QED) is 0.144. The van der Waals surface area contributed by atoms with Crippen molar-refractivity contribution in [3.05, 3.63) is 106 Å². The molecule has 2 heterocycles. The number of ether oxygens (including phenoxy) is 2. The maximum absolute atomic E-state index is 13.7. The second kappa shape index (κ2) is 14.2. The monoisotopic (exact) mass is 620 g/mol. The molecule has 1 N–H and O–H groups in total. The van der Waals surface area contributed by atoms with E-state index in [-0.39, 0.29) is 30.7 Å². The average Bonchev–Trinajstić information content (AvgIpc) is 3.53. The van der Waals surface area contributed by atoms with Crippen LogP contribution < -0.4 is 10.2 Å². The number of thioether (sulfide) groups is 1. The Morgan fingerprint density at radius 1 is 1.00 bits per heavy atom. The number of benzene rings is 3. The molecule has 1 unspecified atom stereocenters. The van der Waals surface area contributed by atoms with Crippen molar-refractivity contribution < 1.29 is 19.1 Å². The molecular weight excluding hydrogens is 588 g/mol. The van der Waals surface area contributed by atoms with Crippen molar-refractivity contribution in [2.75, 3.05) is 43.6 Å². The summed E-state index contributed by atoms with van der Waals surface area (Å²) >= 11 is 9.30. The highest BCUT2D eigenvalue weighted by molar-refractivity contribution is 8.00. The Hall–Kier alpha value is -3.30. The Labute approximate surface area is 260 Å². The lowest BCUT2D eigenvalue weighted by molar-refractivity contribution is -0.144. The molecule has 6 nitrogen and oxygen atoms in total. The van der Waals surface area contributed by atoms with Gasteiger partial charge in [-0.1, -0.05) is 66.2 Å². The summed E-state index contributed by atoms with van der Waals surface area (Å²) in [7, 11) is 0. The summed E-state index contributed by atoms with van der Waals surface area (Å²) in [5.74, 6) is -0.467. The average molecular weight is 621 g/mol. The van der Waals surface area contributed by atoms with Crippen LogP contribution in [-0.2, 0) is 24.6 Å². The molecular formula is C33H33ClN2O4S2. The minimum Gasteiger partial charge on any atom is -0.466 e. The highest BCUT2D eigenvalue weighted by Gasteiger charge is 2.40. The molecule has 9 heteroatoms. The van der Waals surface area contributed by atoms with Crippen LogP contribution in [-0.4, -0.2) is 50.5 Å². The first-order valence-corrected chi connectivity index (χ1v) is 16.1. The number of amides is 1. The first-order chi connectivity index (χ1) is 20.5. The highest BCUT2D eigenvalue weighted by Crippen LogP contribution is 2.40. The topological polar surface area (TPSA) is 67.9 Å². The Morgan fingerprint density at radius 2 is 1.71 bits per heavy atom. The number of rotatable bonds is 11. The summed E-state index contributed by atoms with van der Waals surface area (Å²) in [5.41, 5.74) is 2.64. The van der Waals surface area contributed by atoms with Crippen LogP contribution in [0.1, 0.15) is 24.5 Å². The first kappa shape index (κ1) is 30.2. The van der Waals surface area contributed by atoms with Crippen LogP contribution in [0.3, 0.4) is 0 Å². The second-order valence-corrected chi connectivity index (χ2v) is 12.2. The molecule has 1 aromatic heterocycles. The van der Waals surface area contributed by atoms with Gasteiger partial charge in [-0.2, -0.15) is 0 Å².